The number of nitrogens with one attached hydrogen (secondary N) is 1. The zero-order chi connectivity index (χ0) is 22.6. The van der Waals surface area contributed by atoms with Crippen molar-refractivity contribution in [2.45, 2.75) is 29.8 Å². The van der Waals surface area contributed by atoms with Gasteiger partial charge in [0.15, 0.2) is 9.84 Å². The number of halogens is 3. The van der Waals surface area contributed by atoms with Gasteiger partial charge in [-0.1, -0.05) is 17.4 Å². The molecule has 0 unspecified atom stereocenters. The Kier molecular flexibility index (Phi) is 5.13. The van der Waals surface area contributed by atoms with Crippen LogP contribution in [0.5, 0.6) is 17.4 Å². The minimum atomic E-state index is -4.69. The molecule has 31 heavy (non-hydrogen) atoms. The maximum absolute atomic E-state index is 13.0. The molecule has 0 amide bonds. The normalized spacial score (nSPS) is 16.3. The Labute approximate surface area is 178 Å². The predicted octanol–water partition coefficient (Wildman–Crippen LogP) is 4.43. The first-order valence-electron chi connectivity index (χ1n) is 9.07. The number of hydrogen-bond donors (Lipinski definition) is 2. The lowest BCUT2D eigenvalue weighted by Gasteiger charge is -2.14. The molecule has 1 atom stereocenters. The van der Waals surface area contributed by atoms with Gasteiger partial charge < -0.3 is 9.84 Å². The fraction of sp³-hybridized carbons (Fsp3) is 0.250. The second-order valence-corrected chi connectivity index (χ2v) is 10.2. The van der Waals surface area contributed by atoms with Crippen molar-refractivity contribution in [1.29, 1.82) is 0 Å². The number of rotatable bonds is 4. The van der Waals surface area contributed by atoms with Gasteiger partial charge in [-0.15, -0.1) is 0 Å². The minimum absolute atomic E-state index is 0.157. The highest BCUT2D eigenvalue weighted by Crippen LogP contribution is 2.44. The van der Waals surface area contributed by atoms with Gasteiger partial charge in [0.05, 0.1) is 10.4 Å². The summed E-state index contributed by atoms with van der Waals surface area (Å²) in [6.07, 6.45) is -2.57. The van der Waals surface area contributed by atoms with Gasteiger partial charge in [0.2, 0.25) is 5.88 Å². The molecule has 3 aromatic rings. The number of aryl methyl sites for hydroxylation is 1. The van der Waals surface area contributed by atoms with Gasteiger partial charge in [-0.3, -0.25) is 9.78 Å². The van der Waals surface area contributed by atoms with Gasteiger partial charge in [0.1, 0.15) is 16.4 Å². The molecule has 4 rings (SSSR count). The fourth-order valence-corrected chi connectivity index (χ4v) is 5.38. The number of H-pyrrole nitrogens is 1. The number of ether oxygens (including phenoxy) is 1. The van der Waals surface area contributed by atoms with E-state index in [1.165, 1.54) is 0 Å². The summed E-state index contributed by atoms with van der Waals surface area (Å²) >= 11 is 0.939. The highest BCUT2D eigenvalue weighted by molar-refractivity contribution is 7.90. The molecule has 0 spiro atoms. The third kappa shape index (κ3) is 4.19. The number of aromatic amines is 1. The SMILES string of the molecule is CS(=O)(=O)c1cc(C(F)(F)F)ccc1Oc1ccc2c(c1)CC[C@H]2c1sc(=O)[nH]c1O. The molecule has 2 N–H and O–H groups in total. The van der Waals surface area contributed by atoms with Gasteiger partial charge in [-0.25, -0.2) is 8.42 Å². The standard InChI is InChI=1S/C20H16F3NO5S2/c1-31(27,28)16-9-11(20(21,22)23)3-7-15(16)29-12-4-6-13-10(8-12)2-5-14(13)17-18(25)24-19(26)30-17/h3-4,6-9,14,25H,2,5H2,1H3,(H,24,26)/t14-/m1/s1. The number of hydrogen-bond acceptors (Lipinski definition) is 6. The molecule has 6 nitrogen and oxygen atoms in total. The van der Waals surface area contributed by atoms with E-state index in [4.69, 9.17) is 4.74 Å². The molecule has 0 saturated carbocycles. The average Bonchev–Trinajstić information content (AvgIpc) is 3.22. The monoisotopic (exact) mass is 471 g/mol. The maximum Gasteiger partial charge on any atom is 0.416 e. The molecule has 164 valence electrons. The van der Waals surface area contributed by atoms with Crippen molar-refractivity contribution < 1.29 is 31.4 Å². The Bertz CT molecular complexity index is 1330. The summed E-state index contributed by atoms with van der Waals surface area (Å²) in [6, 6.07) is 7.33. The number of thiazole rings is 1. The number of fused-ring (bicyclic) bond motifs is 1. The lowest BCUT2D eigenvalue weighted by atomic mass is 10.00. The molecule has 0 fully saturated rings. The summed E-state index contributed by atoms with van der Waals surface area (Å²) in [5.41, 5.74) is 0.701. The van der Waals surface area contributed by atoms with E-state index in [0.29, 0.717) is 23.8 Å². The van der Waals surface area contributed by atoms with E-state index in [-0.39, 0.29) is 28.2 Å². The molecule has 0 aliphatic heterocycles. The Morgan fingerprint density at radius 1 is 1.19 bits per heavy atom. The van der Waals surface area contributed by atoms with Crippen LogP contribution in [-0.4, -0.2) is 24.8 Å². The highest BCUT2D eigenvalue weighted by Gasteiger charge is 2.33. The zero-order valence-electron chi connectivity index (χ0n) is 16.0. The van der Waals surface area contributed by atoms with Crippen LogP contribution < -0.4 is 9.61 Å². The molecule has 1 aromatic heterocycles. The second kappa shape index (κ2) is 7.41. The molecule has 0 saturated heterocycles. The summed E-state index contributed by atoms with van der Waals surface area (Å²) in [6.45, 7) is 0. The third-order valence-corrected chi connectivity index (χ3v) is 7.17. The van der Waals surface area contributed by atoms with Crippen LogP contribution in [0.3, 0.4) is 0 Å². The third-order valence-electron chi connectivity index (χ3n) is 5.06. The van der Waals surface area contributed by atoms with E-state index in [1.54, 1.807) is 18.2 Å². The van der Waals surface area contributed by atoms with Crippen molar-refractivity contribution in [2.24, 2.45) is 0 Å². The van der Waals surface area contributed by atoms with Gasteiger partial charge in [-0.05, 0) is 54.3 Å². The lowest BCUT2D eigenvalue weighted by molar-refractivity contribution is -0.137. The van der Waals surface area contributed by atoms with Crippen molar-refractivity contribution in [3.8, 4) is 17.4 Å². The van der Waals surface area contributed by atoms with E-state index in [1.807, 2.05) is 0 Å². The van der Waals surface area contributed by atoms with Crippen LogP contribution in [0, 0.1) is 0 Å². The van der Waals surface area contributed by atoms with Crippen LogP contribution in [0.25, 0.3) is 0 Å². The van der Waals surface area contributed by atoms with Crippen LogP contribution in [-0.2, 0) is 22.4 Å². The van der Waals surface area contributed by atoms with Crippen molar-refractivity contribution >= 4 is 21.2 Å². The smallest absolute Gasteiger partial charge is 0.416 e. The number of sulfone groups is 1. The van der Waals surface area contributed by atoms with E-state index >= 15 is 0 Å². The molecule has 1 aliphatic carbocycles. The maximum atomic E-state index is 13.0. The Balaban J connectivity index is 1.68. The van der Waals surface area contributed by atoms with Crippen LogP contribution >= 0.6 is 11.3 Å². The minimum Gasteiger partial charge on any atom is -0.494 e. The zero-order valence-corrected chi connectivity index (χ0v) is 17.6. The fourth-order valence-electron chi connectivity index (χ4n) is 3.68. The van der Waals surface area contributed by atoms with Crippen LogP contribution in [0.1, 0.15) is 33.9 Å². The average molecular weight is 471 g/mol. The quantitative estimate of drug-likeness (QED) is 0.587. The summed E-state index contributed by atoms with van der Waals surface area (Å²) < 4.78 is 68.7. The first-order chi connectivity index (χ1) is 14.4. The van der Waals surface area contributed by atoms with Gasteiger partial charge in [-0.2, -0.15) is 13.2 Å². The number of alkyl halides is 3. The van der Waals surface area contributed by atoms with E-state index < -0.39 is 26.5 Å². The van der Waals surface area contributed by atoms with Crippen molar-refractivity contribution in [1.82, 2.24) is 4.98 Å². The summed E-state index contributed by atoms with van der Waals surface area (Å²) in [5.74, 6) is -0.247. The topological polar surface area (TPSA) is 96.5 Å². The predicted molar refractivity (Wildman–Crippen MR) is 108 cm³/mol. The first-order valence-corrected chi connectivity index (χ1v) is 11.8. The summed E-state index contributed by atoms with van der Waals surface area (Å²) in [7, 11) is -3.98. The van der Waals surface area contributed by atoms with Gasteiger partial charge >= 0.3 is 11.0 Å². The van der Waals surface area contributed by atoms with E-state index in [0.717, 1.165) is 40.9 Å². The highest BCUT2D eigenvalue weighted by atomic mass is 32.2. The van der Waals surface area contributed by atoms with Gasteiger partial charge in [0, 0.05) is 12.2 Å². The Hall–Kier alpha value is -2.79. The number of aromatic hydroxyl groups is 1. The van der Waals surface area contributed by atoms with Crippen LogP contribution in [0.4, 0.5) is 13.2 Å². The Morgan fingerprint density at radius 3 is 2.55 bits per heavy atom. The van der Waals surface area contributed by atoms with Crippen LogP contribution in [0.2, 0.25) is 0 Å². The van der Waals surface area contributed by atoms with E-state index in [2.05, 4.69) is 4.98 Å². The molecular formula is C20H16F3NO5S2. The Morgan fingerprint density at radius 2 is 1.94 bits per heavy atom. The first kappa shape index (κ1) is 21.4. The van der Waals surface area contributed by atoms with E-state index in [9.17, 15) is 31.5 Å². The van der Waals surface area contributed by atoms with Crippen molar-refractivity contribution in [3.05, 3.63) is 67.6 Å². The summed E-state index contributed by atoms with van der Waals surface area (Å²) in [4.78, 5) is 13.5. The molecule has 0 bridgehead atoms. The van der Waals surface area contributed by atoms with Crippen LogP contribution in [0.15, 0.2) is 46.1 Å². The molecule has 1 heterocycles. The molecule has 2 aromatic carbocycles. The van der Waals surface area contributed by atoms with Gasteiger partial charge in [0.25, 0.3) is 0 Å². The largest absolute Gasteiger partial charge is 0.494 e. The molecular weight excluding hydrogens is 455 g/mol. The number of benzene rings is 2. The second-order valence-electron chi connectivity index (χ2n) is 7.21. The van der Waals surface area contributed by atoms with Crippen molar-refractivity contribution in [2.75, 3.05) is 6.26 Å². The molecule has 1 aliphatic rings. The van der Waals surface area contributed by atoms with Crippen molar-refractivity contribution in [3.63, 3.8) is 0 Å². The summed E-state index contributed by atoms with van der Waals surface area (Å²) in [5, 5.41) is 9.95. The lowest BCUT2D eigenvalue weighted by Crippen LogP contribution is -2.08. The number of aromatic nitrogens is 1. The molecule has 11 heteroatoms. The molecule has 0 radical (unpaired) electrons.